The lowest BCUT2D eigenvalue weighted by Crippen LogP contribution is -2.33. The first-order valence-electron chi connectivity index (χ1n) is 11.3. The Bertz CT molecular complexity index is 1420. The van der Waals surface area contributed by atoms with Gasteiger partial charge in [0.2, 0.25) is 11.9 Å². The van der Waals surface area contributed by atoms with E-state index in [9.17, 15) is 22.8 Å². The molecule has 0 saturated heterocycles. The van der Waals surface area contributed by atoms with E-state index in [0.29, 0.717) is 24.4 Å². The number of amides is 2. The van der Waals surface area contributed by atoms with Gasteiger partial charge in [-0.3, -0.25) is 19.1 Å². The highest BCUT2D eigenvalue weighted by Gasteiger charge is 2.40. The molecule has 5 rings (SSSR count). The number of halogens is 3. The summed E-state index contributed by atoms with van der Waals surface area (Å²) in [6, 6.07) is 21.2. The molecule has 1 aromatic heterocycles. The average Bonchev–Trinajstić information content (AvgIpc) is 3.32. The van der Waals surface area contributed by atoms with Gasteiger partial charge in [-0.05, 0) is 36.2 Å². The second-order valence-electron chi connectivity index (χ2n) is 8.34. The number of carbonyl (C=O) groups is 2. The lowest BCUT2D eigenvalue weighted by atomic mass is 10.1. The number of nitrogens with zero attached hydrogens (tertiary/aromatic N) is 3. The van der Waals surface area contributed by atoms with E-state index in [1.807, 2.05) is 54.6 Å². The Kier molecular flexibility index (Phi) is 6.09. The van der Waals surface area contributed by atoms with Crippen molar-refractivity contribution < 1.29 is 27.5 Å². The van der Waals surface area contributed by atoms with Gasteiger partial charge in [-0.25, -0.2) is 4.98 Å². The molecular formula is C26H21F3N4O3. The van der Waals surface area contributed by atoms with Crippen molar-refractivity contribution in [3.8, 4) is 5.75 Å². The highest BCUT2D eigenvalue weighted by atomic mass is 19.4. The Balaban J connectivity index is 1.37. The SMILES string of the molecule is O=C(C[C@@H]1C(=O)N(CCc2ccccc2)c2nc3ccccc3n21)Nc1cccc(OC(F)(F)F)c1. The molecule has 7 nitrogen and oxygen atoms in total. The maximum absolute atomic E-state index is 13.4. The summed E-state index contributed by atoms with van der Waals surface area (Å²) < 4.78 is 43.3. The van der Waals surface area contributed by atoms with Gasteiger partial charge in [0.25, 0.3) is 5.91 Å². The van der Waals surface area contributed by atoms with Crippen molar-refractivity contribution >= 4 is 34.5 Å². The lowest BCUT2D eigenvalue weighted by Gasteiger charge is -2.16. The number of ether oxygens (including phenoxy) is 1. The van der Waals surface area contributed by atoms with Crippen molar-refractivity contribution in [2.24, 2.45) is 0 Å². The number of carbonyl (C=O) groups excluding carboxylic acids is 2. The van der Waals surface area contributed by atoms with Crippen molar-refractivity contribution in [1.82, 2.24) is 9.55 Å². The van der Waals surface area contributed by atoms with Gasteiger partial charge in [0.1, 0.15) is 11.8 Å². The number of para-hydroxylation sites is 2. The highest BCUT2D eigenvalue weighted by molar-refractivity contribution is 6.05. The van der Waals surface area contributed by atoms with E-state index in [-0.39, 0.29) is 18.0 Å². The van der Waals surface area contributed by atoms with E-state index in [4.69, 9.17) is 0 Å². The van der Waals surface area contributed by atoms with Crippen molar-refractivity contribution in [3.05, 3.63) is 84.4 Å². The maximum atomic E-state index is 13.4. The van der Waals surface area contributed by atoms with Crippen LogP contribution in [0.1, 0.15) is 18.0 Å². The van der Waals surface area contributed by atoms with Gasteiger partial charge in [0, 0.05) is 18.3 Å². The zero-order valence-corrected chi connectivity index (χ0v) is 18.9. The molecule has 0 saturated carbocycles. The fourth-order valence-electron chi connectivity index (χ4n) is 4.35. The van der Waals surface area contributed by atoms with Crippen LogP contribution in [0.25, 0.3) is 11.0 Å². The number of nitrogens with one attached hydrogen (secondary N) is 1. The number of imidazole rings is 1. The molecule has 184 valence electrons. The molecule has 0 fully saturated rings. The van der Waals surface area contributed by atoms with Crippen LogP contribution >= 0.6 is 0 Å². The third-order valence-electron chi connectivity index (χ3n) is 5.88. The largest absolute Gasteiger partial charge is 0.573 e. The Hall–Kier alpha value is -4.34. The van der Waals surface area contributed by atoms with E-state index in [1.54, 1.807) is 9.47 Å². The zero-order valence-electron chi connectivity index (χ0n) is 18.9. The smallest absolute Gasteiger partial charge is 0.406 e. The first-order chi connectivity index (χ1) is 17.3. The van der Waals surface area contributed by atoms with E-state index < -0.39 is 24.1 Å². The Morgan fingerprint density at radius 1 is 1.00 bits per heavy atom. The van der Waals surface area contributed by atoms with Gasteiger partial charge in [-0.1, -0.05) is 48.5 Å². The molecule has 1 N–H and O–H groups in total. The molecule has 10 heteroatoms. The number of anilines is 2. The molecule has 0 radical (unpaired) electrons. The number of hydrogen-bond donors (Lipinski definition) is 1. The van der Waals surface area contributed by atoms with Gasteiger partial charge in [-0.15, -0.1) is 13.2 Å². The third kappa shape index (κ3) is 4.88. The van der Waals surface area contributed by atoms with Crippen LogP contribution < -0.4 is 15.0 Å². The van der Waals surface area contributed by atoms with Gasteiger partial charge in [0.05, 0.1) is 17.5 Å². The summed E-state index contributed by atoms with van der Waals surface area (Å²) in [6.07, 6.45) is -4.44. The normalized spacial score (nSPS) is 15.2. The van der Waals surface area contributed by atoms with Crippen molar-refractivity contribution in [1.29, 1.82) is 0 Å². The van der Waals surface area contributed by atoms with Crippen molar-refractivity contribution in [3.63, 3.8) is 0 Å². The minimum absolute atomic E-state index is 0.129. The summed E-state index contributed by atoms with van der Waals surface area (Å²) in [5.74, 6) is -0.766. The molecular weight excluding hydrogens is 473 g/mol. The molecule has 0 aliphatic carbocycles. The minimum Gasteiger partial charge on any atom is -0.406 e. The molecule has 1 atom stereocenters. The number of fused-ring (bicyclic) bond motifs is 3. The second-order valence-corrected chi connectivity index (χ2v) is 8.34. The van der Waals surface area contributed by atoms with Gasteiger partial charge < -0.3 is 10.1 Å². The Labute approximate surface area is 204 Å². The predicted molar refractivity (Wildman–Crippen MR) is 128 cm³/mol. The van der Waals surface area contributed by atoms with E-state index in [2.05, 4.69) is 15.0 Å². The van der Waals surface area contributed by atoms with Crippen molar-refractivity contribution in [2.45, 2.75) is 25.2 Å². The maximum Gasteiger partial charge on any atom is 0.573 e. The topological polar surface area (TPSA) is 76.5 Å². The van der Waals surface area contributed by atoms with E-state index >= 15 is 0 Å². The second kappa shape index (κ2) is 9.37. The summed E-state index contributed by atoms with van der Waals surface area (Å²) in [5.41, 5.74) is 2.62. The third-order valence-corrected chi connectivity index (χ3v) is 5.88. The molecule has 1 aliphatic rings. The predicted octanol–water partition coefficient (Wildman–Crippen LogP) is 5.09. The van der Waals surface area contributed by atoms with E-state index in [1.165, 1.54) is 12.1 Å². The lowest BCUT2D eigenvalue weighted by molar-refractivity contribution is -0.274. The Morgan fingerprint density at radius 2 is 1.75 bits per heavy atom. The molecule has 2 heterocycles. The number of benzene rings is 3. The van der Waals surface area contributed by atoms with Crippen LogP contribution in [0.3, 0.4) is 0 Å². The quantitative estimate of drug-likeness (QED) is 0.388. The monoisotopic (exact) mass is 494 g/mol. The van der Waals surface area contributed by atoms with Crippen LogP contribution in [-0.4, -0.2) is 34.3 Å². The fraction of sp³-hybridized carbons (Fsp3) is 0.192. The van der Waals surface area contributed by atoms with Crippen LogP contribution in [0, 0.1) is 0 Å². The molecule has 0 spiro atoms. The summed E-state index contributed by atoms with van der Waals surface area (Å²) >= 11 is 0. The van der Waals surface area contributed by atoms with Crippen LogP contribution in [0.2, 0.25) is 0 Å². The van der Waals surface area contributed by atoms with Gasteiger partial charge >= 0.3 is 6.36 Å². The molecule has 4 aromatic rings. The number of aromatic nitrogens is 2. The first-order valence-corrected chi connectivity index (χ1v) is 11.3. The van der Waals surface area contributed by atoms with Crippen LogP contribution in [0.4, 0.5) is 24.8 Å². The Morgan fingerprint density at radius 3 is 2.53 bits per heavy atom. The summed E-state index contributed by atoms with van der Waals surface area (Å²) in [4.78, 5) is 32.5. The highest BCUT2D eigenvalue weighted by Crippen LogP contribution is 2.36. The van der Waals surface area contributed by atoms with Crippen LogP contribution in [0.15, 0.2) is 78.9 Å². The summed E-state index contributed by atoms with van der Waals surface area (Å²) in [5, 5.41) is 2.57. The minimum atomic E-state index is -4.85. The number of rotatable bonds is 7. The van der Waals surface area contributed by atoms with Gasteiger partial charge in [0.15, 0.2) is 0 Å². The number of hydrogen-bond acceptors (Lipinski definition) is 4. The zero-order chi connectivity index (χ0) is 25.3. The molecule has 36 heavy (non-hydrogen) atoms. The summed E-state index contributed by atoms with van der Waals surface area (Å²) in [7, 11) is 0. The average molecular weight is 494 g/mol. The van der Waals surface area contributed by atoms with Crippen LogP contribution in [0.5, 0.6) is 5.75 Å². The molecule has 3 aromatic carbocycles. The molecule has 1 aliphatic heterocycles. The van der Waals surface area contributed by atoms with Crippen molar-refractivity contribution in [2.75, 3.05) is 16.8 Å². The standard InChI is InChI=1S/C26H21F3N4O3/c27-26(28,29)36-19-10-6-9-18(15-19)30-23(34)16-22-24(35)32(14-13-17-7-2-1-3-8-17)25-31-20-11-4-5-12-21(20)33(22)25/h1-12,15,22H,13-14,16H2,(H,30,34)/t22-/m1/s1. The van der Waals surface area contributed by atoms with Gasteiger partial charge in [-0.2, -0.15) is 0 Å². The van der Waals surface area contributed by atoms with E-state index in [0.717, 1.165) is 23.2 Å². The van der Waals surface area contributed by atoms with Crippen LogP contribution in [-0.2, 0) is 16.0 Å². The molecule has 0 unspecified atom stereocenters. The number of alkyl halides is 3. The fourth-order valence-corrected chi connectivity index (χ4v) is 4.35. The molecule has 2 amide bonds. The molecule has 0 bridgehead atoms. The summed E-state index contributed by atoms with van der Waals surface area (Å²) in [6.45, 7) is 0.390. The first kappa shape index (κ1) is 23.4.